The van der Waals surface area contributed by atoms with Crippen LogP contribution in [0.3, 0.4) is 0 Å². The molecule has 1 aromatic carbocycles. The Hall–Kier alpha value is -2.10. The van der Waals surface area contributed by atoms with Crippen molar-refractivity contribution in [3.8, 4) is 0 Å². The van der Waals surface area contributed by atoms with Gasteiger partial charge in [0.25, 0.3) is 0 Å². The van der Waals surface area contributed by atoms with Gasteiger partial charge in [0.2, 0.25) is 5.89 Å². The van der Waals surface area contributed by atoms with Crippen molar-refractivity contribution in [3.05, 3.63) is 47.7 Å². The molecule has 0 N–H and O–H groups in total. The van der Waals surface area contributed by atoms with E-state index in [1.807, 2.05) is 0 Å². The van der Waals surface area contributed by atoms with Gasteiger partial charge in [0.1, 0.15) is 6.54 Å². The molecule has 1 aliphatic carbocycles. The first-order valence-corrected chi connectivity index (χ1v) is 7.24. The van der Waals surface area contributed by atoms with E-state index in [0.29, 0.717) is 18.4 Å². The minimum absolute atomic E-state index is 0.542. The Morgan fingerprint density at radius 2 is 2.20 bits per heavy atom. The molecule has 102 valence electrons. The highest BCUT2D eigenvalue weighted by atomic mass is 16.5. The van der Waals surface area contributed by atoms with Crippen LogP contribution in [0.15, 0.2) is 35.0 Å². The summed E-state index contributed by atoms with van der Waals surface area (Å²) < 4.78 is 7.59. The highest BCUT2D eigenvalue weighted by molar-refractivity contribution is 5.83. The summed E-state index contributed by atoms with van der Waals surface area (Å²) in [7, 11) is 0. The molecular formula is C16H17N3O. The number of aryl methyl sites for hydroxylation is 1. The van der Waals surface area contributed by atoms with Crippen molar-refractivity contribution in [2.24, 2.45) is 0 Å². The standard InChI is InChI=1S/C16H17N3O/c1-2-11-4-3-5-12-8-9-19(15(11)12)10-14-17-16(18-20-14)13-6-7-13/h3-5,8-9,13H,2,6-7,10H2,1H3. The number of benzene rings is 1. The third kappa shape index (κ3) is 1.92. The molecule has 1 fully saturated rings. The third-order valence-corrected chi connectivity index (χ3v) is 3.98. The molecule has 1 saturated carbocycles. The first kappa shape index (κ1) is 11.7. The van der Waals surface area contributed by atoms with E-state index < -0.39 is 0 Å². The summed E-state index contributed by atoms with van der Waals surface area (Å²) in [6, 6.07) is 8.59. The van der Waals surface area contributed by atoms with Gasteiger partial charge in [-0.15, -0.1) is 0 Å². The Morgan fingerprint density at radius 1 is 1.30 bits per heavy atom. The van der Waals surface area contributed by atoms with Crippen LogP contribution in [-0.2, 0) is 13.0 Å². The molecule has 4 rings (SSSR count). The van der Waals surface area contributed by atoms with E-state index in [1.165, 1.54) is 29.3 Å². The minimum atomic E-state index is 0.542. The summed E-state index contributed by atoms with van der Waals surface area (Å²) in [6.45, 7) is 2.84. The lowest BCUT2D eigenvalue weighted by molar-refractivity contribution is 0.367. The zero-order chi connectivity index (χ0) is 13.5. The van der Waals surface area contributed by atoms with Crippen LogP contribution in [-0.4, -0.2) is 14.7 Å². The van der Waals surface area contributed by atoms with Crippen LogP contribution in [0.2, 0.25) is 0 Å². The van der Waals surface area contributed by atoms with Gasteiger partial charge in [0, 0.05) is 12.1 Å². The topological polar surface area (TPSA) is 43.9 Å². The van der Waals surface area contributed by atoms with E-state index in [0.717, 1.165) is 12.2 Å². The van der Waals surface area contributed by atoms with Crippen molar-refractivity contribution in [2.45, 2.75) is 38.6 Å². The maximum Gasteiger partial charge on any atom is 0.246 e. The molecule has 0 bridgehead atoms. The number of nitrogens with zero attached hydrogens (tertiary/aromatic N) is 3. The van der Waals surface area contributed by atoms with Crippen LogP contribution < -0.4 is 0 Å². The maximum absolute atomic E-state index is 5.38. The van der Waals surface area contributed by atoms with E-state index in [1.54, 1.807) is 0 Å². The molecule has 20 heavy (non-hydrogen) atoms. The molecule has 0 radical (unpaired) electrons. The van der Waals surface area contributed by atoms with E-state index >= 15 is 0 Å². The van der Waals surface area contributed by atoms with Crippen LogP contribution >= 0.6 is 0 Å². The number of para-hydroxylation sites is 1. The Labute approximate surface area is 117 Å². The first-order valence-electron chi connectivity index (χ1n) is 7.24. The molecule has 0 amide bonds. The maximum atomic E-state index is 5.38. The van der Waals surface area contributed by atoms with E-state index in [9.17, 15) is 0 Å². The Kier molecular flexibility index (Phi) is 2.62. The number of fused-ring (bicyclic) bond motifs is 1. The van der Waals surface area contributed by atoms with Gasteiger partial charge in [0.05, 0.1) is 5.52 Å². The molecule has 2 heterocycles. The van der Waals surface area contributed by atoms with Crippen LogP contribution in [0.25, 0.3) is 10.9 Å². The van der Waals surface area contributed by atoms with Crippen LogP contribution in [0.4, 0.5) is 0 Å². The predicted octanol–water partition coefficient (Wildman–Crippen LogP) is 3.51. The second kappa shape index (κ2) is 4.47. The summed E-state index contributed by atoms with van der Waals surface area (Å²) in [6.07, 6.45) is 5.53. The molecular weight excluding hydrogens is 250 g/mol. The molecule has 0 aliphatic heterocycles. The normalized spacial score (nSPS) is 15.1. The highest BCUT2D eigenvalue weighted by Gasteiger charge is 2.28. The fraction of sp³-hybridized carbons (Fsp3) is 0.375. The van der Waals surface area contributed by atoms with Crippen molar-refractivity contribution in [1.29, 1.82) is 0 Å². The average Bonchev–Trinajstić information content (AvgIpc) is 3.09. The van der Waals surface area contributed by atoms with E-state index in [2.05, 4.69) is 52.1 Å². The number of aromatic nitrogens is 3. The molecule has 4 heteroatoms. The first-order chi connectivity index (χ1) is 9.85. The number of hydrogen-bond donors (Lipinski definition) is 0. The summed E-state index contributed by atoms with van der Waals surface area (Å²) in [4.78, 5) is 4.51. The van der Waals surface area contributed by atoms with Gasteiger partial charge in [-0.25, -0.2) is 0 Å². The monoisotopic (exact) mass is 267 g/mol. The Bertz CT molecular complexity index is 752. The molecule has 1 aliphatic rings. The fourth-order valence-electron chi connectivity index (χ4n) is 2.74. The smallest absolute Gasteiger partial charge is 0.246 e. The summed E-state index contributed by atoms with van der Waals surface area (Å²) >= 11 is 0. The molecule has 3 aromatic rings. The highest BCUT2D eigenvalue weighted by Crippen LogP contribution is 2.38. The fourth-order valence-corrected chi connectivity index (χ4v) is 2.74. The molecule has 0 saturated heterocycles. The SMILES string of the molecule is CCc1cccc2ccn(Cc3nc(C4CC4)no3)c12. The van der Waals surface area contributed by atoms with Gasteiger partial charge in [0.15, 0.2) is 5.82 Å². The summed E-state index contributed by atoms with van der Waals surface area (Å²) in [5.41, 5.74) is 2.63. The zero-order valence-corrected chi connectivity index (χ0v) is 11.5. The van der Waals surface area contributed by atoms with Crippen LogP contribution in [0, 0.1) is 0 Å². The van der Waals surface area contributed by atoms with Crippen molar-refractivity contribution in [1.82, 2.24) is 14.7 Å². The number of rotatable bonds is 4. The van der Waals surface area contributed by atoms with Crippen LogP contribution in [0.5, 0.6) is 0 Å². The van der Waals surface area contributed by atoms with Gasteiger partial charge in [-0.1, -0.05) is 30.3 Å². The molecule has 2 aromatic heterocycles. The summed E-state index contributed by atoms with van der Waals surface area (Å²) in [5, 5.41) is 5.35. The van der Waals surface area contributed by atoms with Crippen LogP contribution in [0.1, 0.15) is 43.0 Å². The van der Waals surface area contributed by atoms with Crippen molar-refractivity contribution in [3.63, 3.8) is 0 Å². The Balaban J connectivity index is 1.70. The van der Waals surface area contributed by atoms with Gasteiger partial charge in [-0.3, -0.25) is 0 Å². The lowest BCUT2D eigenvalue weighted by Gasteiger charge is -2.06. The average molecular weight is 267 g/mol. The molecule has 0 unspecified atom stereocenters. The van der Waals surface area contributed by atoms with E-state index in [-0.39, 0.29) is 0 Å². The van der Waals surface area contributed by atoms with Gasteiger partial charge in [-0.05, 0) is 36.3 Å². The van der Waals surface area contributed by atoms with Crippen molar-refractivity contribution < 1.29 is 4.52 Å². The van der Waals surface area contributed by atoms with Gasteiger partial charge < -0.3 is 9.09 Å². The number of hydrogen-bond acceptors (Lipinski definition) is 3. The van der Waals surface area contributed by atoms with Crippen molar-refractivity contribution >= 4 is 10.9 Å². The van der Waals surface area contributed by atoms with E-state index in [4.69, 9.17) is 4.52 Å². The zero-order valence-electron chi connectivity index (χ0n) is 11.5. The lowest BCUT2D eigenvalue weighted by Crippen LogP contribution is -2.00. The quantitative estimate of drug-likeness (QED) is 0.726. The minimum Gasteiger partial charge on any atom is -0.338 e. The summed E-state index contributed by atoms with van der Waals surface area (Å²) in [5.74, 6) is 2.13. The molecule has 4 nitrogen and oxygen atoms in total. The largest absolute Gasteiger partial charge is 0.338 e. The van der Waals surface area contributed by atoms with Gasteiger partial charge >= 0.3 is 0 Å². The lowest BCUT2D eigenvalue weighted by atomic mass is 10.1. The second-order valence-corrected chi connectivity index (χ2v) is 5.47. The van der Waals surface area contributed by atoms with Crippen molar-refractivity contribution in [2.75, 3.05) is 0 Å². The van der Waals surface area contributed by atoms with Gasteiger partial charge in [-0.2, -0.15) is 4.98 Å². The molecule has 0 atom stereocenters. The Morgan fingerprint density at radius 3 is 3.00 bits per heavy atom. The second-order valence-electron chi connectivity index (χ2n) is 5.47. The molecule has 0 spiro atoms. The third-order valence-electron chi connectivity index (χ3n) is 3.98. The predicted molar refractivity (Wildman–Crippen MR) is 76.7 cm³/mol.